The van der Waals surface area contributed by atoms with Gasteiger partial charge in [-0.25, -0.2) is 4.79 Å². The molecule has 42 heavy (non-hydrogen) atoms. The first-order valence-corrected chi connectivity index (χ1v) is 15.3. The summed E-state index contributed by atoms with van der Waals surface area (Å²) in [5.41, 5.74) is 5.65. The minimum Gasteiger partial charge on any atom is -0.478 e. The Kier molecular flexibility index (Phi) is 7.53. The molecule has 2 aromatic heterocycles. The number of halogens is 2. The van der Waals surface area contributed by atoms with E-state index in [1.165, 1.54) is 19.0 Å². The van der Waals surface area contributed by atoms with Crippen molar-refractivity contribution in [2.45, 2.75) is 75.8 Å². The van der Waals surface area contributed by atoms with E-state index < -0.39 is 5.97 Å². The maximum atomic E-state index is 11.1. The molecule has 3 fully saturated rings. The summed E-state index contributed by atoms with van der Waals surface area (Å²) in [6, 6.07) is 17.9. The van der Waals surface area contributed by atoms with Gasteiger partial charge in [0.1, 0.15) is 11.5 Å². The summed E-state index contributed by atoms with van der Waals surface area (Å²) in [7, 11) is 0. The fourth-order valence-corrected chi connectivity index (χ4v) is 7.12. The van der Waals surface area contributed by atoms with Crippen LogP contribution in [0.25, 0.3) is 22.5 Å². The highest BCUT2D eigenvalue weighted by atomic mass is 35.5. The molecule has 4 heterocycles. The molecule has 2 aliphatic heterocycles. The number of carbonyl (C=O) groups is 1. The Labute approximate surface area is 254 Å². The van der Waals surface area contributed by atoms with Gasteiger partial charge in [0, 0.05) is 47.4 Å². The molecule has 2 bridgehead atoms. The first kappa shape index (κ1) is 27.6. The number of aromatic nitrogens is 2. The van der Waals surface area contributed by atoms with E-state index in [2.05, 4.69) is 27.2 Å². The van der Waals surface area contributed by atoms with Gasteiger partial charge in [0.2, 0.25) is 0 Å². The third-order valence-electron chi connectivity index (χ3n) is 8.89. The van der Waals surface area contributed by atoms with Gasteiger partial charge in [-0.2, -0.15) is 0 Å². The standard InChI is InChI=1S/C33H31Cl2N3O4/c34-27-2-1-3-28(35)30(27)31-26(32(42-37-31)21-8-9-21)17-38-23-11-12-24(38)15-25(14-23)41-18-19-4-6-20(7-5-19)29-13-10-22(16-36-29)33(39)40/h1-7,10,13,16,21,23-25H,8-9,11-12,14-15,17-18H2,(H,39,40). The van der Waals surface area contributed by atoms with Crippen molar-refractivity contribution in [3.63, 3.8) is 0 Å². The maximum absolute atomic E-state index is 11.1. The van der Waals surface area contributed by atoms with Crippen LogP contribution >= 0.6 is 23.2 Å². The third kappa shape index (κ3) is 5.47. The van der Waals surface area contributed by atoms with E-state index >= 15 is 0 Å². The topological polar surface area (TPSA) is 88.7 Å². The van der Waals surface area contributed by atoms with Crippen LogP contribution in [-0.4, -0.2) is 44.3 Å². The van der Waals surface area contributed by atoms with E-state index in [-0.39, 0.29) is 11.7 Å². The molecule has 2 atom stereocenters. The van der Waals surface area contributed by atoms with E-state index in [4.69, 9.17) is 37.6 Å². The molecule has 0 spiro atoms. The van der Waals surface area contributed by atoms with Gasteiger partial charge in [-0.05, 0) is 68.4 Å². The van der Waals surface area contributed by atoms with Crippen LogP contribution in [0.2, 0.25) is 10.0 Å². The fourth-order valence-electron chi connectivity index (χ4n) is 6.54. The van der Waals surface area contributed by atoms with Crippen molar-refractivity contribution < 1.29 is 19.2 Å². The first-order chi connectivity index (χ1) is 20.4. The van der Waals surface area contributed by atoms with Gasteiger partial charge in [-0.3, -0.25) is 9.88 Å². The Morgan fingerprint density at radius 3 is 2.31 bits per heavy atom. The van der Waals surface area contributed by atoms with Gasteiger partial charge in [-0.1, -0.05) is 58.7 Å². The smallest absolute Gasteiger partial charge is 0.337 e. The number of nitrogens with zero attached hydrogens (tertiary/aromatic N) is 3. The largest absolute Gasteiger partial charge is 0.478 e. The van der Waals surface area contributed by atoms with Gasteiger partial charge in [-0.15, -0.1) is 0 Å². The van der Waals surface area contributed by atoms with Crippen LogP contribution in [-0.2, 0) is 17.9 Å². The van der Waals surface area contributed by atoms with E-state index in [1.807, 2.05) is 30.3 Å². The Bertz CT molecular complexity index is 1570. The molecule has 7 rings (SSSR count). The van der Waals surface area contributed by atoms with Gasteiger partial charge in [0.05, 0.1) is 34.0 Å². The van der Waals surface area contributed by atoms with Crippen LogP contribution in [0, 0.1) is 0 Å². The SMILES string of the molecule is O=C(O)c1ccc(-c2ccc(COC3CC4CCC(C3)N4Cc3c(-c4c(Cl)cccc4Cl)noc3C3CC3)cc2)nc1. The minimum absolute atomic E-state index is 0.180. The monoisotopic (exact) mass is 603 g/mol. The molecule has 2 unspecified atom stereocenters. The summed E-state index contributed by atoms with van der Waals surface area (Å²) in [5, 5.41) is 14.8. The van der Waals surface area contributed by atoms with Crippen molar-refractivity contribution in [3.05, 3.63) is 93.3 Å². The number of fused-ring (bicyclic) bond motifs is 2. The van der Waals surface area contributed by atoms with E-state index in [0.29, 0.717) is 34.7 Å². The van der Waals surface area contributed by atoms with Crippen LogP contribution in [0.3, 0.4) is 0 Å². The highest BCUT2D eigenvalue weighted by molar-refractivity contribution is 6.39. The van der Waals surface area contributed by atoms with Gasteiger partial charge in [0.15, 0.2) is 0 Å². The number of aromatic carboxylic acids is 1. The van der Waals surface area contributed by atoms with Gasteiger partial charge >= 0.3 is 5.97 Å². The Hall–Kier alpha value is -3.23. The molecular weight excluding hydrogens is 573 g/mol. The lowest BCUT2D eigenvalue weighted by Crippen LogP contribution is -2.45. The number of ether oxygens (including phenoxy) is 1. The molecular formula is C33H31Cl2N3O4. The fraction of sp³-hybridized carbons (Fsp3) is 0.364. The second kappa shape index (κ2) is 11.5. The summed E-state index contributed by atoms with van der Waals surface area (Å²) in [5.74, 6) is 0.455. The zero-order valence-corrected chi connectivity index (χ0v) is 24.5. The summed E-state index contributed by atoms with van der Waals surface area (Å²) in [4.78, 5) is 18.0. The van der Waals surface area contributed by atoms with E-state index in [0.717, 1.165) is 71.6 Å². The van der Waals surface area contributed by atoms with Gasteiger partial charge < -0.3 is 14.4 Å². The Morgan fingerprint density at radius 1 is 0.976 bits per heavy atom. The zero-order chi connectivity index (χ0) is 28.8. The maximum Gasteiger partial charge on any atom is 0.337 e. The average Bonchev–Trinajstić information content (AvgIpc) is 3.72. The van der Waals surface area contributed by atoms with Crippen LogP contribution in [0.5, 0.6) is 0 Å². The van der Waals surface area contributed by atoms with Crippen LogP contribution in [0.1, 0.15) is 71.7 Å². The van der Waals surface area contributed by atoms with E-state index in [1.54, 1.807) is 12.1 Å². The molecule has 3 aliphatic rings. The normalized spacial score (nSPS) is 22.0. The molecule has 9 heteroatoms. The first-order valence-electron chi connectivity index (χ1n) is 14.5. The van der Waals surface area contributed by atoms with Crippen molar-refractivity contribution in [1.29, 1.82) is 0 Å². The van der Waals surface area contributed by atoms with Crippen LogP contribution in [0.15, 0.2) is 65.3 Å². The molecule has 1 aliphatic carbocycles. The summed E-state index contributed by atoms with van der Waals surface area (Å²) < 4.78 is 12.4. The second-order valence-electron chi connectivity index (χ2n) is 11.6. The number of rotatable bonds is 9. The lowest BCUT2D eigenvalue weighted by molar-refractivity contribution is -0.0306. The van der Waals surface area contributed by atoms with Crippen LogP contribution < -0.4 is 0 Å². The van der Waals surface area contributed by atoms with Gasteiger partial charge in [0.25, 0.3) is 0 Å². The summed E-state index contributed by atoms with van der Waals surface area (Å²) in [6.07, 6.45) is 8.20. The van der Waals surface area contributed by atoms with Crippen molar-refractivity contribution >= 4 is 29.2 Å². The number of hydrogen-bond acceptors (Lipinski definition) is 6. The molecule has 0 radical (unpaired) electrons. The highest BCUT2D eigenvalue weighted by Gasteiger charge is 2.43. The molecule has 7 nitrogen and oxygen atoms in total. The molecule has 216 valence electrons. The Morgan fingerprint density at radius 2 is 1.69 bits per heavy atom. The quantitative estimate of drug-likeness (QED) is 0.207. The lowest BCUT2D eigenvalue weighted by Gasteiger charge is -2.39. The third-order valence-corrected chi connectivity index (χ3v) is 9.52. The molecule has 4 aromatic rings. The van der Waals surface area contributed by atoms with Crippen LogP contribution in [0.4, 0.5) is 0 Å². The molecule has 2 aromatic carbocycles. The number of pyridine rings is 1. The minimum atomic E-state index is -0.978. The average molecular weight is 605 g/mol. The predicted octanol–water partition coefficient (Wildman–Crippen LogP) is 8.00. The number of benzene rings is 2. The zero-order valence-electron chi connectivity index (χ0n) is 23.0. The number of carboxylic acids is 1. The Balaban J connectivity index is 1.01. The highest BCUT2D eigenvalue weighted by Crippen LogP contribution is 2.48. The number of hydrogen-bond donors (Lipinski definition) is 1. The molecule has 0 amide bonds. The predicted molar refractivity (Wildman–Crippen MR) is 161 cm³/mol. The van der Waals surface area contributed by atoms with Crippen molar-refractivity contribution in [2.24, 2.45) is 0 Å². The summed E-state index contributed by atoms with van der Waals surface area (Å²) >= 11 is 13.2. The molecule has 1 saturated carbocycles. The summed E-state index contributed by atoms with van der Waals surface area (Å²) in [6.45, 7) is 1.35. The van der Waals surface area contributed by atoms with E-state index in [9.17, 15) is 4.79 Å². The van der Waals surface area contributed by atoms with Crippen molar-refractivity contribution in [2.75, 3.05) is 0 Å². The van der Waals surface area contributed by atoms with Crippen molar-refractivity contribution in [3.8, 4) is 22.5 Å². The number of carboxylic acid groups (broad SMARTS) is 1. The molecule has 2 saturated heterocycles. The van der Waals surface area contributed by atoms with Crippen molar-refractivity contribution in [1.82, 2.24) is 15.0 Å². The second-order valence-corrected chi connectivity index (χ2v) is 12.5. The lowest BCUT2D eigenvalue weighted by atomic mass is 9.97. The molecule has 1 N–H and O–H groups in total. The number of piperidine rings is 1.